The van der Waals surface area contributed by atoms with Crippen molar-refractivity contribution in [1.82, 2.24) is 4.57 Å². The topological polar surface area (TPSA) is 52.2 Å². The molecule has 0 saturated heterocycles. The Hall–Kier alpha value is -2.34. The highest BCUT2D eigenvalue weighted by atomic mass is 32.2. The van der Waals surface area contributed by atoms with Gasteiger partial charge in [-0.2, -0.15) is 0 Å². The van der Waals surface area contributed by atoms with Crippen LogP contribution in [0.25, 0.3) is 10.9 Å². The maximum absolute atomic E-state index is 13.6. The van der Waals surface area contributed by atoms with E-state index in [-0.39, 0.29) is 5.82 Å². The highest BCUT2D eigenvalue weighted by Gasteiger charge is 2.09. The second kappa shape index (κ2) is 5.21. The molecular formula is C15H10FNO3S. The molecule has 0 fully saturated rings. The fraction of sp³-hybridized carbons (Fsp3) is 0.0667. The Labute approximate surface area is 122 Å². The van der Waals surface area contributed by atoms with Crippen LogP contribution in [-0.2, 0) is 7.05 Å². The summed E-state index contributed by atoms with van der Waals surface area (Å²) in [5.41, 5.74) is -0.210. The number of hydrogen-bond acceptors (Lipinski definition) is 4. The Morgan fingerprint density at radius 3 is 2.67 bits per heavy atom. The van der Waals surface area contributed by atoms with Crippen molar-refractivity contribution < 1.29 is 8.81 Å². The van der Waals surface area contributed by atoms with E-state index in [9.17, 15) is 14.0 Å². The molecule has 21 heavy (non-hydrogen) atoms. The molecule has 6 heteroatoms. The SMILES string of the molecule is Cn1c(=O)oc(=O)c2cc(Sc3ccccc3F)ccc21. The van der Waals surface area contributed by atoms with Crippen molar-refractivity contribution in [2.75, 3.05) is 0 Å². The van der Waals surface area contributed by atoms with Gasteiger partial charge in [-0.3, -0.25) is 4.57 Å². The molecule has 0 bridgehead atoms. The predicted octanol–water partition coefficient (Wildman–Crippen LogP) is 2.78. The van der Waals surface area contributed by atoms with Crippen molar-refractivity contribution in [2.45, 2.75) is 9.79 Å². The Balaban J connectivity index is 2.12. The van der Waals surface area contributed by atoms with Gasteiger partial charge in [-0.1, -0.05) is 23.9 Å². The third kappa shape index (κ3) is 2.50. The molecule has 0 N–H and O–H groups in total. The van der Waals surface area contributed by atoms with Gasteiger partial charge >= 0.3 is 11.4 Å². The maximum Gasteiger partial charge on any atom is 0.422 e. The first-order chi connectivity index (χ1) is 10.1. The smallest absolute Gasteiger partial charge is 0.372 e. The van der Waals surface area contributed by atoms with Crippen LogP contribution in [0.1, 0.15) is 0 Å². The molecule has 0 amide bonds. The van der Waals surface area contributed by atoms with Gasteiger partial charge in [0.2, 0.25) is 0 Å². The minimum absolute atomic E-state index is 0.290. The fourth-order valence-electron chi connectivity index (χ4n) is 1.99. The maximum atomic E-state index is 13.6. The summed E-state index contributed by atoms with van der Waals surface area (Å²) in [4.78, 5) is 24.3. The molecule has 1 aromatic heterocycles. The number of hydrogen-bond donors (Lipinski definition) is 0. The van der Waals surface area contributed by atoms with Crippen LogP contribution >= 0.6 is 11.8 Å². The normalized spacial score (nSPS) is 11.0. The van der Waals surface area contributed by atoms with Crippen LogP contribution in [0.3, 0.4) is 0 Å². The Bertz CT molecular complexity index is 946. The largest absolute Gasteiger partial charge is 0.422 e. The van der Waals surface area contributed by atoms with Crippen LogP contribution < -0.4 is 11.4 Å². The monoisotopic (exact) mass is 303 g/mol. The van der Waals surface area contributed by atoms with E-state index in [1.54, 1.807) is 36.4 Å². The van der Waals surface area contributed by atoms with Gasteiger partial charge < -0.3 is 4.42 Å². The highest BCUT2D eigenvalue weighted by molar-refractivity contribution is 7.99. The highest BCUT2D eigenvalue weighted by Crippen LogP contribution is 2.30. The summed E-state index contributed by atoms with van der Waals surface area (Å²) in [6, 6.07) is 11.4. The first-order valence-electron chi connectivity index (χ1n) is 6.12. The van der Waals surface area contributed by atoms with Crippen LogP contribution in [0, 0.1) is 5.82 Å². The summed E-state index contributed by atoms with van der Waals surface area (Å²) in [6.07, 6.45) is 0. The van der Waals surface area contributed by atoms with Crippen molar-refractivity contribution in [3.05, 3.63) is 69.3 Å². The number of fused-ring (bicyclic) bond motifs is 1. The minimum Gasteiger partial charge on any atom is -0.372 e. The first kappa shape index (κ1) is 13.6. The number of halogens is 1. The van der Waals surface area contributed by atoms with E-state index < -0.39 is 11.4 Å². The van der Waals surface area contributed by atoms with Gasteiger partial charge in [0, 0.05) is 16.8 Å². The number of aryl methyl sites for hydroxylation is 1. The average Bonchev–Trinajstić information content (AvgIpc) is 2.47. The summed E-state index contributed by atoms with van der Waals surface area (Å²) < 4.78 is 19.5. The second-order valence-corrected chi connectivity index (χ2v) is 5.54. The summed E-state index contributed by atoms with van der Waals surface area (Å²) in [6.45, 7) is 0. The quantitative estimate of drug-likeness (QED) is 0.730. The summed E-state index contributed by atoms with van der Waals surface area (Å²) >= 11 is 1.20. The predicted molar refractivity (Wildman–Crippen MR) is 78.2 cm³/mol. The van der Waals surface area contributed by atoms with E-state index in [4.69, 9.17) is 0 Å². The Morgan fingerprint density at radius 1 is 1.14 bits per heavy atom. The Morgan fingerprint density at radius 2 is 1.90 bits per heavy atom. The van der Waals surface area contributed by atoms with Gasteiger partial charge in [0.05, 0.1) is 10.9 Å². The van der Waals surface area contributed by atoms with Crippen molar-refractivity contribution in [2.24, 2.45) is 7.05 Å². The molecule has 0 saturated carbocycles. The van der Waals surface area contributed by atoms with Crippen LogP contribution in [0.2, 0.25) is 0 Å². The summed E-state index contributed by atoms with van der Waals surface area (Å²) in [5.74, 6) is -1.03. The number of aromatic nitrogens is 1. The number of benzene rings is 2. The third-order valence-electron chi connectivity index (χ3n) is 3.07. The molecule has 0 aliphatic carbocycles. The number of rotatable bonds is 2. The minimum atomic E-state index is -0.706. The molecule has 0 atom stereocenters. The van der Waals surface area contributed by atoms with Gasteiger partial charge in [-0.15, -0.1) is 0 Å². The lowest BCUT2D eigenvalue weighted by Crippen LogP contribution is -2.22. The average molecular weight is 303 g/mol. The van der Waals surface area contributed by atoms with Gasteiger partial charge in [0.15, 0.2) is 0 Å². The Kier molecular flexibility index (Phi) is 3.39. The molecule has 0 radical (unpaired) electrons. The van der Waals surface area contributed by atoms with E-state index in [1.807, 2.05) is 0 Å². The molecule has 4 nitrogen and oxygen atoms in total. The van der Waals surface area contributed by atoms with E-state index in [2.05, 4.69) is 4.42 Å². The molecule has 0 unspecified atom stereocenters. The van der Waals surface area contributed by atoms with Gasteiger partial charge in [0.1, 0.15) is 5.82 Å². The summed E-state index contributed by atoms with van der Waals surface area (Å²) in [5, 5.41) is 0.290. The fourth-order valence-corrected chi connectivity index (χ4v) is 2.87. The molecule has 3 rings (SSSR count). The molecule has 2 aromatic carbocycles. The zero-order chi connectivity index (χ0) is 15.0. The third-order valence-corrected chi connectivity index (χ3v) is 4.11. The lowest BCUT2D eigenvalue weighted by Gasteiger charge is -2.06. The van der Waals surface area contributed by atoms with Gasteiger partial charge in [-0.25, -0.2) is 14.0 Å². The van der Waals surface area contributed by atoms with E-state index in [0.717, 1.165) is 0 Å². The standard InChI is InChI=1S/C15H10FNO3S/c1-17-12-7-6-9(8-10(12)14(18)20-15(17)19)21-13-5-3-2-4-11(13)16/h2-8H,1H3. The van der Waals surface area contributed by atoms with Crippen LogP contribution in [0.15, 0.2) is 66.3 Å². The van der Waals surface area contributed by atoms with Crippen LogP contribution in [-0.4, -0.2) is 4.57 Å². The van der Waals surface area contributed by atoms with Crippen molar-refractivity contribution in [3.8, 4) is 0 Å². The van der Waals surface area contributed by atoms with Crippen LogP contribution in [0.5, 0.6) is 0 Å². The lowest BCUT2D eigenvalue weighted by molar-refractivity contribution is 0.432. The number of nitrogens with zero attached hydrogens (tertiary/aromatic N) is 1. The zero-order valence-corrected chi connectivity index (χ0v) is 11.8. The second-order valence-electron chi connectivity index (χ2n) is 4.43. The lowest BCUT2D eigenvalue weighted by atomic mass is 10.2. The first-order valence-corrected chi connectivity index (χ1v) is 6.94. The van der Waals surface area contributed by atoms with Gasteiger partial charge in [-0.05, 0) is 30.3 Å². The molecule has 3 aromatic rings. The summed E-state index contributed by atoms with van der Waals surface area (Å²) in [7, 11) is 1.53. The van der Waals surface area contributed by atoms with E-state index in [1.165, 1.54) is 29.4 Å². The molecule has 0 aliphatic rings. The van der Waals surface area contributed by atoms with Gasteiger partial charge in [0.25, 0.3) is 0 Å². The molecule has 1 heterocycles. The van der Waals surface area contributed by atoms with Crippen molar-refractivity contribution in [1.29, 1.82) is 0 Å². The molecular weight excluding hydrogens is 293 g/mol. The zero-order valence-electron chi connectivity index (χ0n) is 11.0. The van der Waals surface area contributed by atoms with E-state index in [0.29, 0.717) is 20.7 Å². The van der Waals surface area contributed by atoms with Crippen LogP contribution in [0.4, 0.5) is 4.39 Å². The van der Waals surface area contributed by atoms with Crippen molar-refractivity contribution >= 4 is 22.7 Å². The molecule has 106 valence electrons. The van der Waals surface area contributed by atoms with E-state index >= 15 is 0 Å². The van der Waals surface area contributed by atoms with Crippen molar-refractivity contribution in [3.63, 3.8) is 0 Å². The molecule has 0 spiro atoms. The molecule has 0 aliphatic heterocycles.